The third-order valence-electron chi connectivity index (χ3n) is 3.21. The Morgan fingerprint density at radius 3 is 2.41 bits per heavy atom. The van der Waals surface area contributed by atoms with Gasteiger partial charge in [-0.15, -0.1) is 10.2 Å². The normalized spacial score (nSPS) is 10.8. The van der Waals surface area contributed by atoms with Crippen molar-refractivity contribution in [2.24, 2.45) is 0 Å². The molecule has 0 aliphatic carbocycles. The predicted molar refractivity (Wildman–Crippen MR) is 85.9 cm³/mol. The first-order valence-corrected chi connectivity index (χ1v) is 7.81. The van der Waals surface area contributed by atoms with Gasteiger partial charge in [0.1, 0.15) is 5.82 Å². The van der Waals surface area contributed by atoms with Gasteiger partial charge in [-0.2, -0.15) is 0 Å². The Bertz CT molecular complexity index is 741. The Hall–Kier alpha value is -2.34. The summed E-state index contributed by atoms with van der Waals surface area (Å²) >= 11 is 1.58. The Morgan fingerprint density at radius 1 is 0.955 bits per heavy atom. The van der Waals surface area contributed by atoms with Gasteiger partial charge in [-0.25, -0.2) is 4.39 Å². The molecule has 3 aromatic rings. The second-order valence-electron chi connectivity index (χ2n) is 4.83. The SMILES string of the molecule is Nc1nnc(SCc2ccccc2)n1Cc1ccc(F)cc1. The van der Waals surface area contributed by atoms with Crippen molar-refractivity contribution in [1.29, 1.82) is 0 Å². The summed E-state index contributed by atoms with van der Waals surface area (Å²) in [5, 5.41) is 8.82. The van der Waals surface area contributed by atoms with Gasteiger partial charge in [0.2, 0.25) is 5.95 Å². The third-order valence-corrected chi connectivity index (χ3v) is 4.25. The average Bonchev–Trinajstić information content (AvgIpc) is 2.89. The summed E-state index contributed by atoms with van der Waals surface area (Å²) in [4.78, 5) is 0. The summed E-state index contributed by atoms with van der Waals surface area (Å²) < 4.78 is 14.8. The number of benzene rings is 2. The van der Waals surface area contributed by atoms with Crippen LogP contribution in [0, 0.1) is 5.82 Å². The number of hydrogen-bond acceptors (Lipinski definition) is 4. The van der Waals surface area contributed by atoms with Crippen molar-refractivity contribution >= 4 is 17.7 Å². The molecule has 22 heavy (non-hydrogen) atoms. The van der Waals surface area contributed by atoms with E-state index in [9.17, 15) is 4.39 Å². The second-order valence-corrected chi connectivity index (χ2v) is 5.77. The maximum atomic E-state index is 13.0. The summed E-state index contributed by atoms with van der Waals surface area (Å²) in [7, 11) is 0. The van der Waals surface area contributed by atoms with Crippen LogP contribution in [0.3, 0.4) is 0 Å². The van der Waals surface area contributed by atoms with Crippen molar-refractivity contribution in [2.75, 3.05) is 5.73 Å². The van der Waals surface area contributed by atoms with E-state index in [2.05, 4.69) is 22.3 Å². The number of nitrogens with zero attached hydrogens (tertiary/aromatic N) is 3. The molecule has 112 valence electrons. The number of rotatable bonds is 5. The Balaban J connectivity index is 1.74. The highest BCUT2D eigenvalue weighted by molar-refractivity contribution is 7.98. The third kappa shape index (κ3) is 3.46. The molecule has 0 saturated heterocycles. The summed E-state index contributed by atoms with van der Waals surface area (Å²) in [5.41, 5.74) is 8.05. The molecule has 0 spiro atoms. The van der Waals surface area contributed by atoms with Gasteiger partial charge in [0, 0.05) is 5.75 Å². The molecule has 0 amide bonds. The molecule has 0 fully saturated rings. The van der Waals surface area contributed by atoms with Crippen molar-refractivity contribution in [3.05, 3.63) is 71.5 Å². The van der Waals surface area contributed by atoms with E-state index >= 15 is 0 Å². The first-order valence-electron chi connectivity index (χ1n) is 6.82. The molecule has 6 heteroatoms. The van der Waals surface area contributed by atoms with Crippen molar-refractivity contribution in [3.8, 4) is 0 Å². The number of nitrogen functional groups attached to an aromatic ring is 1. The van der Waals surface area contributed by atoms with Gasteiger partial charge in [0.25, 0.3) is 0 Å². The smallest absolute Gasteiger partial charge is 0.223 e. The standard InChI is InChI=1S/C16H15FN4S/c17-14-8-6-12(7-9-14)10-21-15(18)19-20-16(21)22-11-13-4-2-1-3-5-13/h1-9H,10-11H2,(H2,18,19). The minimum absolute atomic E-state index is 0.251. The molecule has 3 rings (SSSR count). The minimum atomic E-state index is -0.251. The number of thioether (sulfide) groups is 1. The highest BCUT2D eigenvalue weighted by Crippen LogP contribution is 2.23. The molecule has 0 radical (unpaired) electrons. The Morgan fingerprint density at radius 2 is 1.68 bits per heavy atom. The van der Waals surface area contributed by atoms with Gasteiger partial charge in [-0.3, -0.25) is 4.57 Å². The van der Waals surface area contributed by atoms with Crippen molar-refractivity contribution in [3.63, 3.8) is 0 Å². The number of anilines is 1. The molecule has 1 heterocycles. The van der Waals surface area contributed by atoms with E-state index in [1.54, 1.807) is 23.9 Å². The van der Waals surface area contributed by atoms with E-state index in [-0.39, 0.29) is 5.82 Å². The maximum absolute atomic E-state index is 13.0. The van der Waals surface area contributed by atoms with Crippen LogP contribution in [0.4, 0.5) is 10.3 Å². The Labute approximate surface area is 132 Å². The van der Waals surface area contributed by atoms with Crippen LogP contribution in [-0.2, 0) is 12.3 Å². The number of halogens is 1. The van der Waals surface area contributed by atoms with Gasteiger partial charge in [0.15, 0.2) is 5.16 Å². The van der Waals surface area contributed by atoms with E-state index in [1.807, 2.05) is 22.8 Å². The Kier molecular flexibility index (Phi) is 4.39. The number of nitrogens with two attached hydrogens (primary N) is 1. The molecule has 2 N–H and O–H groups in total. The molecule has 0 aliphatic heterocycles. The van der Waals surface area contributed by atoms with Gasteiger partial charge in [-0.05, 0) is 23.3 Å². The van der Waals surface area contributed by atoms with Crippen molar-refractivity contribution < 1.29 is 4.39 Å². The summed E-state index contributed by atoms with van der Waals surface area (Å²) in [5.74, 6) is 0.904. The fourth-order valence-electron chi connectivity index (χ4n) is 2.05. The fraction of sp³-hybridized carbons (Fsp3) is 0.125. The zero-order chi connectivity index (χ0) is 15.4. The highest BCUT2D eigenvalue weighted by Gasteiger charge is 2.11. The topological polar surface area (TPSA) is 56.7 Å². The van der Waals surface area contributed by atoms with Crippen LogP contribution in [-0.4, -0.2) is 14.8 Å². The van der Waals surface area contributed by atoms with Gasteiger partial charge in [0.05, 0.1) is 6.54 Å². The maximum Gasteiger partial charge on any atom is 0.223 e. The monoisotopic (exact) mass is 314 g/mol. The molecule has 0 unspecified atom stereocenters. The fourth-order valence-corrected chi connectivity index (χ4v) is 2.95. The lowest BCUT2D eigenvalue weighted by atomic mass is 10.2. The van der Waals surface area contributed by atoms with Crippen LogP contribution in [0.25, 0.3) is 0 Å². The van der Waals surface area contributed by atoms with Gasteiger partial charge in [-0.1, -0.05) is 54.2 Å². The van der Waals surface area contributed by atoms with Crippen LogP contribution in [0.5, 0.6) is 0 Å². The van der Waals surface area contributed by atoms with Crippen molar-refractivity contribution in [2.45, 2.75) is 17.5 Å². The molecular weight excluding hydrogens is 299 g/mol. The molecule has 0 bridgehead atoms. The quantitative estimate of drug-likeness (QED) is 0.734. The van der Waals surface area contributed by atoms with Crippen LogP contribution in [0.1, 0.15) is 11.1 Å². The second kappa shape index (κ2) is 6.62. The minimum Gasteiger partial charge on any atom is -0.368 e. The summed E-state index contributed by atoms with van der Waals surface area (Å²) in [6.45, 7) is 0.524. The molecular formula is C16H15FN4S. The zero-order valence-electron chi connectivity index (χ0n) is 11.8. The lowest BCUT2D eigenvalue weighted by Gasteiger charge is -2.08. The van der Waals surface area contributed by atoms with Gasteiger partial charge >= 0.3 is 0 Å². The average molecular weight is 314 g/mol. The molecule has 2 aromatic carbocycles. The predicted octanol–water partition coefficient (Wildman–Crippen LogP) is 3.34. The lowest BCUT2D eigenvalue weighted by Crippen LogP contribution is -2.06. The molecule has 4 nitrogen and oxygen atoms in total. The number of hydrogen-bond donors (Lipinski definition) is 1. The largest absolute Gasteiger partial charge is 0.368 e. The first kappa shape index (κ1) is 14.6. The summed E-state index contributed by atoms with van der Waals surface area (Å²) in [6.07, 6.45) is 0. The van der Waals surface area contributed by atoms with E-state index < -0.39 is 0 Å². The zero-order valence-corrected chi connectivity index (χ0v) is 12.6. The molecule has 1 aromatic heterocycles. The molecule has 0 aliphatic rings. The van der Waals surface area contributed by atoms with E-state index in [4.69, 9.17) is 5.73 Å². The lowest BCUT2D eigenvalue weighted by molar-refractivity contribution is 0.625. The van der Waals surface area contributed by atoms with Crippen LogP contribution < -0.4 is 5.73 Å². The number of aromatic nitrogens is 3. The van der Waals surface area contributed by atoms with Crippen LogP contribution in [0.2, 0.25) is 0 Å². The van der Waals surface area contributed by atoms with Crippen LogP contribution in [0.15, 0.2) is 59.8 Å². The van der Waals surface area contributed by atoms with Crippen LogP contribution >= 0.6 is 11.8 Å². The summed E-state index contributed by atoms with van der Waals surface area (Å²) in [6, 6.07) is 16.5. The first-order chi connectivity index (χ1) is 10.7. The van der Waals surface area contributed by atoms with E-state index in [0.29, 0.717) is 12.5 Å². The highest BCUT2D eigenvalue weighted by atomic mass is 32.2. The van der Waals surface area contributed by atoms with Crippen molar-refractivity contribution in [1.82, 2.24) is 14.8 Å². The van der Waals surface area contributed by atoms with E-state index in [1.165, 1.54) is 17.7 Å². The van der Waals surface area contributed by atoms with Gasteiger partial charge < -0.3 is 5.73 Å². The molecule has 0 saturated carbocycles. The molecule has 0 atom stereocenters. The van der Waals surface area contributed by atoms with E-state index in [0.717, 1.165) is 16.5 Å².